The maximum atomic E-state index is 12.7. The van der Waals surface area contributed by atoms with E-state index >= 15 is 0 Å². The summed E-state index contributed by atoms with van der Waals surface area (Å²) in [6.07, 6.45) is 2.21. The van der Waals surface area contributed by atoms with Crippen molar-refractivity contribution in [2.24, 2.45) is 5.73 Å². The van der Waals surface area contributed by atoms with Gasteiger partial charge in [-0.2, -0.15) is 4.98 Å². The van der Waals surface area contributed by atoms with Gasteiger partial charge in [-0.3, -0.25) is 19.3 Å². The molecule has 0 bridgehead atoms. The molecule has 5 N–H and O–H groups in total. The Morgan fingerprint density at radius 2 is 1.91 bits per heavy atom. The number of primary amides is 1. The SMILES string of the molecule is CCn1c(N)c(C(N)=O)c(=O)c2cnc(Nc3ccc(CCN4CCN(C)C(=O)C4)cc3)nc21. The van der Waals surface area contributed by atoms with Crippen molar-refractivity contribution in [1.82, 2.24) is 24.3 Å². The van der Waals surface area contributed by atoms with Gasteiger partial charge in [0.2, 0.25) is 17.3 Å². The van der Waals surface area contributed by atoms with E-state index in [1.165, 1.54) is 6.20 Å². The fraction of sp³-hybridized carbons (Fsp3) is 0.348. The quantitative estimate of drug-likeness (QED) is 0.458. The van der Waals surface area contributed by atoms with E-state index < -0.39 is 11.3 Å². The van der Waals surface area contributed by atoms with Crippen LogP contribution in [-0.4, -0.2) is 69.4 Å². The highest BCUT2D eigenvalue weighted by molar-refractivity contribution is 6.00. The van der Waals surface area contributed by atoms with Crippen LogP contribution in [0.4, 0.5) is 17.5 Å². The van der Waals surface area contributed by atoms with Gasteiger partial charge in [0.15, 0.2) is 5.65 Å². The first-order valence-electron chi connectivity index (χ1n) is 11.1. The average molecular weight is 465 g/mol. The summed E-state index contributed by atoms with van der Waals surface area (Å²) in [4.78, 5) is 48.8. The van der Waals surface area contributed by atoms with E-state index in [0.717, 1.165) is 37.3 Å². The standard InChI is InChI=1S/C23H28N8O3/c1-3-31-20(24)18(21(25)34)19(33)16-12-26-23(28-22(16)31)27-15-6-4-14(5-7-15)8-9-30-11-10-29(2)17(32)13-30/h4-7,12H,3,8-11,13,24H2,1-2H3,(H2,25,34)(H,26,27,28). The molecule has 0 spiro atoms. The minimum atomic E-state index is -0.881. The summed E-state index contributed by atoms with van der Waals surface area (Å²) >= 11 is 0. The highest BCUT2D eigenvalue weighted by atomic mass is 16.2. The van der Waals surface area contributed by atoms with Gasteiger partial charge in [0.1, 0.15) is 11.4 Å². The topological polar surface area (TPSA) is 152 Å². The molecule has 0 atom stereocenters. The first kappa shape index (κ1) is 23.2. The number of anilines is 3. The molecule has 1 saturated heterocycles. The largest absolute Gasteiger partial charge is 0.384 e. The van der Waals surface area contributed by atoms with Crippen LogP contribution in [0.2, 0.25) is 0 Å². The van der Waals surface area contributed by atoms with Gasteiger partial charge in [-0.25, -0.2) is 4.98 Å². The molecule has 34 heavy (non-hydrogen) atoms. The van der Waals surface area contributed by atoms with E-state index in [2.05, 4.69) is 20.2 Å². The summed E-state index contributed by atoms with van der Waals surface area (Å²) in [6.45, 7) is 5.15. The van der Waals surface area contributed by atoms with Crippen molar-refractivity contribution >= 4 is 40.3 Å². The summed E-state index contributed by atoms with van der Waals surface area (Å²) < 4.78 is 1.57. The molecule has 1 fully saturated rings. The lowest BCUT2D eigenvalue weighted by Gasteiger charge is -2.31. The molecule has 2 aromatic heterocycles. The average Bonchev–Trinajstić information content (AvgIpc) is 2.81. The highest BCUT2D eigenvalue weighted by Crippen LogP contribution is 2.20. The molecule has 11 nitrogen and oxygen atoms in total. The van der Waals surface area contributed by atoms with Crippen LogP contribution in [-0.2, 0) is 17.8 Å². The molecule has 178 valence electrons. The molecule has 3 aromatic rings. The number of piperazine rings is 1. The maximum Gasteiger partial charge on any atom is 0.256 e. The Morgan fingerprint density at radius 1 is 1.18 bits per heavy atom. The summed E-state index contributed by atoms with van der Waals surface area (Å²) in [5, 5.41) is 3.31. The second-order valence-corrected chi connectivity index (χ2v) is 8.29. The number of carbonyl (C=O) groups is 2. The Morgan fingerprint density at radius 3 is 2.56 bits per heavy atom. The van der Waals surface area contributed by atoms with E-state index in [1.54, 1.807) is 9.47 Å². The molecule has 11 heteroatoms. The number of nitrogens with zero attached hydrogens (tertiary/aromatic N) is 5. The van der Waals surface area contributed by atoms with Crippen molar-refractivity contribution in [2.75, 3.05) is 44.3 Å². The van der Waals surface area contributed by atoms with Gasteiger partial charge in [-0.15, -0.1) is 0 Å². The first-order valence-corrected chi connectivity index (χ1v) is 11.1. The molecule has 1 aliphatic heterocycles. The minimum absolute atomic E-state index is 0.0106. The number of nitrogens with one attached hydrogen (secondary N) is 1. The smallest absolute Gasteiger partial charge is 0.256 e. The monoisotopic (exact) mass is 464 g/mol. The third kappa shape index (κ3) is 4.55. The fourth-order valence-electron chi connectivity index (χ4n) is 4.03. The van der Waals surface area contributed by atoms with Gasteiger partial charge in [0, 0.05) is 45.1 Å². The zero-order chi connectivity index (χ0) is 24.4. The lowest BCUT2D eigenvalue weighted by Crippen LogP contribution is -2.48. The van der Waals surface area contributed by atoms with Crippen molar-refractivity contribution in [2.45, 2.75) is 19.9 Å². The van der Waals surface area contributed by atoms with Crippen molar-refractivity contribution < 1.29 is 9.59 Å². The van der Waals surface area contributed by atoms with Gasteiger partial charge >= 0.3 is 0 Å². The van der Waals surface area contributed by atoms with Crippen LogP contribution in [0.15, 0.2) is 35.3 Å². The number of pyridine rings is 1. The third-order valence-electron chi connectivity index (χ3n) is 6.07. The lowest BCUT2D eigenvalue weighted by atomic mass is 10.1. The number of nitrogen functional groups attached to an aromatic ring is 1. The first-order chi connectivity index (χ1) is 16.3. The van der Waals surface area contributed by atoms with Gasteiger partial charge < -0.3 is 26.3 Å². The second-order valence-electron chi connectivity index (χ2n) is 8.29. The molecule has 1 aliphatic rings. The van der Waals surface area contributed by atoms with E-state index in [4.69, 9.17) is 11.5 Å². The zero-order valence-corrected chi connectivity index (χ0v) is 19.2. The van der Waals surface area contributed by atoms with Crippen LogP contribution in [0.3, 0.4) is 0 Å². The highest BCUT2D eigenvalue weighted by Gasteiger charge is 2.21. The van der Waals surface area contributed by atoms with Crippen LogP contribution in [0, 0.1) is 0 Å². The number of carbonyl (C=O) groups excluding carboxylic acids is 2. The van der Waals surface area contributed by atoms with E-state index in [1.807, 2.05) is 38.2 Å². The number of fused-ring (bicyclic) bond motifs is 1. The summed E-state index contributed by atoms with van der Waals surface area (Å²) in [5.41, 5.74) is 12.8. The fourth-order valence-corrected chi connectivity index (χ4v) is 4.03. The second kappa shape index (κ2) is 9.48. The number of hydrogen-bond acceptors (Lipinski definition) is 8. The molecule has 1 aromatic carbocycles. The summed E-state index contributed by atoms with van der Waals surface area (Å²) in [7, 11) is 1.83. The molecule has 0 aliphatic carbocycles. The number of aromatic nitrogens is 3. The lowest BCUT2D eigenvalue weighted by molar-refractivity contribution is -0.134. The van der Waals surface area contributed by atoms with Crippen LogP contribution < -0.4 is 22.2 Å². The predicted octanol–water partition coefficient (Wildman–Crippen LogP) is 0.553. The molecule has 0 saturated carbocycles. The number of aryl methyl sites for hydroxylation is 1. The predicted molar refractivity (Wildman–Crippen MR) is 130 cm³/mol. The molecular formula is C23H28N8O3. The number of nitrogens with two attached hydrogens (primary N) is 2. The van der Waals surface area contributed by atoms with Crippen molar-refractivity contribution in [3.8, 4) is 0 Å². The minimum Gasteiger partial charge on any atom is -0.384 e. The Hall–Kier alpha value is -3.99. The van der Waals surface area contributed by atoms with Crippen LogP contribution in [0.5, 0.6) is 0 Å². The summed E-state index contributed by atoms with van der Waals surface area (Å²) in [5.74, 6) is -0.442. The molecular weight excluding hydrogens is 436 g/mol. The molecule has 2 amide bonds. The van der Waals surface area contributed by atoms with E-state index in [9.17, 15) is 14.4 Å². The number of amides is 2. The van der Waals surface area contributed by atoms with Crippen LogP contribution >= 0.6 is 0 Å². The van der Waals surface area contributed by atoms with E-state index in [-0.39, 0.29) is 22.7 Å². The molecule has 3 heterocycles. The zero-order valence-electron chi connectivity index (χ0n) is 19.2. The summed E-state index contributed by atoms with van der Waals surface area (Å²) in [6, 6.07) is 7.88. The third-order valence-corrected chi connectivity index (χ3v) is 6.07. The Balaban J connectivity index is 1.49. The van der Waals surface area contributed by atoms with Gasteiger partial charge in [-0.1, -0.05) is 12.1 Å². The normalized spacial score (nSPS) is 14.5. The van der Waals surface area contributed by atoms with Gasteiger partial charge in [0.05, 0.1) is 11.9 Å². The van der Waals surface area contributed by atoms with Crippen molar-refractivity contribution in [3.63, 3.8) is 0 Å². The number of hydrogen-bond donors (Lipinski definition) is 3. The van der Waals surface area contributed by atoms with Crippen molar-refractivity contribution in [1.29, 1.82) is 0 Å². The molecule has 0 radical (unpaired) electrons. The van der Waals surface area contributed by atoms with E-state index in [0.29, 0.717) is 24.7 Å². The molecule has 0 unspecified atom stereocenters. The van der Waals surface area contributed by atoms with Crippen LogP contribution in [0.25, 0.3) is 11.0 Å². The van der Waals surface area contributed by atoms with Gasteiger partial charge in [0.25, 0.3) is 5.91 Å². The van der Waals surface area contributed by atoms with Crippen LogP contribution in [0.1, 0.15) is 22.8 Å². The molecule has 4 rings (SSSR count). The van der Waals surface area contributed by atoms with Gasteiger partial charge in [-0.05, 0) is 31.0 Å². The number of benzene rings is 1. The Kier molecular flexibility index (Phi) is 6.46. The maximum absolute atomic E-state index is 12.7. The Labute approximate surface area is 196 Å². The number of rotatable bonds is 7. The number of likely N-dealkylation sites (N-methyl/N-ethyl adjacent to an activating group) is 1. The Bertz CT molecular complexity index is 1300. The van der Waals surface area contributed by atoms with Crippen molar-refractivity contribution in [3.05, 3.63) is 51.8 Å².